The summed E-state index contributed by atoms with van der Waals surface area (Å²) >= 11 is 9.03. The molecule has 0 unspecified atom stereocenters. The molecule has 4 nitrogen and oxygen atoms in total. The fourth-order valence-electron chi connectivity index (χ4n) is 2.87. The Hall–Kier alpha value is -2.18. The van der Waals surface area contributed by atoms with Crippen molar-refractivity contribution in [2.24, 2.45) is 0 Å². The SMILES string of the molecule is CCc1ccc(NC(=S)Nc2cccc(Cn3nc(C)c(Br)c3C)c2)cc1. The van der Waals surface area contributed by atoms with Crippen molar-refractivity contribution >= 4 is 44.6 Å². The molecule has 0 radical (unpaired) electrons. The van der Waals surface area contributed by atoms with Crippen LogP contribution in [0, 0.1) is 13.8 Å². The quantitative estimate of drug-likeness (QED) is 0.498. The molecule has 0 atom stereocenters. The lowest BCUT2D eigenvalue weighted by atomic mass is 10.1. The standard InChI is InChI=1S/C21H23BrN4S/c1-4-16-8-10-18(11-9-16)23-21(27)24-19-7-5-6-17(12-19)13-26-15(3)20(22)14(2)25-26/h5-12H,4,13H2,1-3H3,(H2,23,24,27). The van der Waals surface area contributed by atoms with E-state index in [1.165, 1.54) is 5.56 Å². The number of hydrogen-bond donors (Lipinski definition) is 2. The summed E-state index contributed by atoms with van der Waals surface area (Å²) in [7, 11) is 0. The van der Waals surface area contributed by atoms with Gasteiger partial charge >= 0.3 is 0 Å². The predicted octanol–water partition coefficient (Wildman–Crippen LogP) is 5.68. The van der Waals surface area contributed by atoms with Gasteiger partial charge in [-0.05, 0) is 83.8 Å². The molecule has 6 heteroatoms. The van der Waals surface area contributed by atoms with Gasteiger partial charge in [0.05, 0.1) is 22.4 Å². The van der Waals surface area contributed by atoms with Crippen LogP contribution in [-0.4, -0.2) is 14.9 Å². The van der Waals surface area contributed by atoms with Crippen molar-refractivity contribution in [3.05, 3.63) is 75.5 Å². The maximum absolute atomic E-state index is 5.45. The molecule has 1 heterocycles. The molecule has 0 aliphatic rings. The molecule has 0 bridgehead atoms. The lowest BCUT2D eigenvalue weighted by Gasteiger charge is -2.12. The Morgan fingerprint density at radius 1 is 1.04 bits per heavy atom. The molecule has 0 fully saturated rings. The molecule has 3 rings (SSSR count). The van der Waals surface area contributed by atoms with Crippen molar-refractivity contribution in [2.45, 2.75) is 33.7 Å². The first-order chi connectivity index (χ1) is 13.0. The van der Waals surface area contributed by atoms with Gasteiger partial charge in [0.25, 0.3) is 0 Å². The minimum atomic E-state index is 0.574. The van der Waals surface area contributed by atoms with E-state index < -0.39 is 0 Å². The molecular formula is C21H23BrN4S. The number of nitrogens with one attached hydrogen (secondary N) is 2. The molecule has 0 aliphatic heterocycles. The van der Waals surface area contributed by atoms with Crippen molar-refractivity contribution in [3.8, 4) is 0 Å². The van der Waals surface area contributed by atoms with Gasteiger partial charge in [-0.1, -0.05) is 31.2 Å². The fraction of sp³-hybridized carbons (Fsp3) is 0.238. The van der Waals surface area contributed by atoms with E-state index in [0.717, 1.165) is 39.2 Å². The predicted molar refractivity (Wildman–Crippen MR) is 121 cm³/mol. The van der Waals surface area contributed by atoms with Crippen molar-refractivity contribution in [2.75, 3.05) is 10.6 Å². The van der Waals surface area contributed by atoms with Crippen molar-refractivity contribution in [1.82, 2.24) is 9.78 Å². The highest BCUT2D eigenvalue weighted by molar-refractivity contribution is 9.10. The molecule has 140 valence electrons. The molecule has 0 saturated carbocycles. The lowest BCUT2D eigenvalue weighted by Crippen LogP contribution is -2.19. The zero-order valence-electron chi connectivity index (χ0n) is 15.7. The van der Waals surface area contributed by atoms with E-state index in [9.17, 15) is 0 Å². The summed E-state index contributed by atoms with van der Waals surface area (Å²) in [6.45, 7) is 6.93. The molecule has 0 aliphatic carbocycles. The van der Waals surface area contributed by atoms with Crippen LogP contribution in [0.5, 0.6) is 0 Å². The Balaban J connectivity index is 1.65. The number of benzene rings is 2. The topological polar surface area (TPSA) is 41.9 Å². The van der Waals surface area contributed by atoms with Gasteiger partial charge < -0.3 is 10.6 Å². The largest absolute Gasteiger partial charge is 0.332 e. The Morgan fingerprint density at radius 3 is 2.37 bits per heavy atom. The van der Waals surface area contributed by atoms with Gasteiger partial charge in [0.1, 0.15) is 0 Å². The van der Waals surface area contributed by atoms with Gasteiger partial charge in [0.15, 0.2) is 5.11 Å². The van der Waals surface area contributed by atoms with Crippen LogP contribution in [0.3, 0.4) is 0 Å². The van der Waals surface area contributed by atoms with E-state index in [2.05, 4.69) is 69.8 Å². The molecular weight excluding hydrogens is 420 g/mol. The van der Waals surface area contributed by atoms with Crippen LogP contribution < -0.4 is 10.6 Å². The monoisotopic (exact) mass is 442 g/mol. The summed E-state index contributed by atoms with van der Waals surface area (Å²) in [6.07, 6.45) is 1.03. The van der Waals surface area contributed by atoms with Crippen molar-refractivity contribution in [3.63, 3.8) is 0 Å². The fourth-order valence-corrected chi connectivity index (χ4v) is 3.39. The van der Waals surface area contributed by atoms with Gasteiger partial charge in [-0.25, -0.2) is 0 Å². The highest BCUT2D eigenvalue weighted by Gasteiger charge is 2.09. The molecule has 2 aromatic carbocycles. The highest BCUT2D eigenvalue weighted by atomic mass is 79.9. The minimum absolute atomic E-state index is 0.574. The zero-order valence-corrected chi connectivity index (χ0v) is 18.1. The summed E-state index contributed by atoms with van der Waals surface area (Å²) < 4.78 is 3.07. The molecule has 0 saturated heterocycles. The third kappa shape index (κ3) is 4.96. The average Bonchev–Trinajstić information content (AvgIpc) is 2.89. The smallest absolute Gasteiger partial charge is 0.175 e. The first-order valence-corrected chi connectivity index (χ1v) is 10.1. The molecule has 3 aromatic rings. The second kappa shape index (κ2) is 8.67. The van der Waals surface area contributed by atoms with Crippen LogP contribution in [0.15, 0.2) is 53.0 Å². The van der Waals surface area contributed by atoms with Crippen LogP contribution in [0.4, 0.5) is 11.4 Å². The number of halogens is 1. The van der Waals surface area contributed by atoms with E-state index >= 15 is 0 Å². The lowest BCUT2D eigenvalue weighted by molar-refractivity contribution is 0.659. The second-order valence-electron chi connectivity index (χ2n) is 6.47. The first kappa shape index (κ1) is 19.6. The Morgan fingerprint density at radius 2 is 1.74 bits per heavy atom. The normalized spacial score (nSPS) is 10.7. The summed E-state index contributed by atoms with van der Waals surface area (Å²) in [5.41, 5.74) is 6.53. The van der Waals surface area contributed by atoms with Crippen LogP contribution in [-0.2, 0) is 13.0 Å². The van der Waals surface area contributed by atoms with Crippen molar-refractivity contribution < 1.29 is 0 Å². The highest BCUT2D eigenvalue weighted by Crippen LogP contribution is 2.21. The van der Waals surface area contributed by atoms with E-state index in [1.807, 2.05) is 35.9 Å². The molecule has 2 N–H and O–H groups in total. The van der Waals surface area contributed by atoms with E-state index in [4.69, 9.17) is 12.2 Å². The van der Waals surface area contributed by atoms with Gasteiger partial charge in [0.2, 0.25) is 0 Å². The van der Waals surface area contributed by atoms with Gasteiger partial charge in [0, 0.05) is 11.4 Å². The summed E-state index contributed by atoms with van der Waals surface area (Å²) in [5, 5.41) is 11.6. The van der Waals surface area contributed by atoms with Crippen LogP contribution in [0.2, 0.25) is 0 Å². The number of thiocarbonyl (C=S) groups is 1. The number of rotatable bonds is 5. The Kier molecular flexibility index (Phi) is 6.29. The van der Waals surface area contributed by atoms with Crippen molar-refractivity contribution in [1.29, 1.82) is 0 Å². The van der Waals surface area contributed by atoms with Gasteiger partial charge in [-0.3, -0.25) is 4.68 Å². The maximum Gasteiger partial charge on any atom is 0.175 e. The first-order valence-electron chi connectivity index (χ1n) is 8.91. The zero-order chi connectivity index (χ0) is 19.4. The third-order valence-corrected chi connectivity index (χ3v) is 5.78. The van der Waals surface area contributed by atoms with E-state index in [0.29, 0.717) is 11.7 Å². The van der Waals surface area contributed by atoms with Crippen LogP contribution in [0.1, 0.15) is 29.4 Å². The van der Waals surface area contributed by atoms with Crippen LogP contribution in [0.25, 0.3) is 0 Å². The third-order valence-electron chi connectivity index (χ3n) is 4.43. The number of nitrogens with zero attached hydrogens (tertiary/aromatic N) is 2. The van der Waals surface area contributed by atoms with E-state index in [-0.39, 0.29) is 0 Å². The second-order valence-corrected chi connectivity index (χ2v) is 7.67. The summed E-state index contributed by atoms with van der Waals surface area (Å²) in [5.74, 6) is 0. The number of anilines is 2. The molecule has 0 spiro atoms. The summed E-state index contributed by atoms with van der Waals surface area (Å²) in [6, 6.07) is 16.5. The van der Waals surface area contributed by atoms with Gasteiger partial charge in [-0.15, -0.1) is 0 Å². The molecule has 0 amide bonds. The Bertz CT molecular complexity index is 947. The molecule has 27 heavy (non-hydrogen) atoms. The molecule has 1 aromatic heterocycles. The van der Waals surface area contributed by atoms with Gasteiger partial charge in [-0.2, -0.15) is 5.10 Å². The minimum Gasteiger partial charge on any atom is -0.332 e. The number of aryl methyl sites for hydroxylation is 2. The number of aromatic nitrogens is 2. The maximum atomic E-state index is 5.45. The number of hydrogen-bond acceptors (Lipinski definition) is 2. The van der Waals surface area contributed by atoms with E-state index in [1.54, 1.807) is 0 Å². The summed E-state index contributed by atoms with van der Waals surface area (Å²) in [4.78, 5) is 0. The Labute approximate surface area is 174 Å². The average molecular weight is 443 g/mol. The van der Waals surface area contributed by atoms with Crippen LogP contribution >= 0.6 is 28.1 Å².